The van der Waals surface area contributed by atoms with Gasteiger partial charge in [-0.05, 0) is 0 Å². The molecular formula is C3H9OSb. The summed E-state index contributed by atoms with van der Waals surface area (Å²) < 4.78 is 0. The topological polar surface area (TPSA) is 17.1 Å². The van der Waals surface area contributed by atoms with Crippen molar-refractivity contribution in [3.63, 3.8) is 0 Å². The van der Waals surface area contributed by atoms with Crippen LogP contribution in [0.1, 0.15) is 13.3 Å². The van der Waals surface area contributed by atoms with E-state index in [1.807, 2.05) is 6.92 Å². The van der Waals surface area contributed by atoms with Gasteiger partial charge in [0.25, 0.3) is 0 Å². The summed E-state index contributed by atoms with van der Waals surface area (Å²) >= 11 is 0. The third-order valence-electron chi connectivity index (χ3n) is 0.167. The minimum atomic E-state index is 0. The first-order chi connectivity index (χ1) is 1.91. The summed E-state index contributed by atoms with van der Waals surface area (Å²) in [6.45, 7) is 1.81. The molecule has 1 nitrogen and oxygen atoms in total. The van der Waals surface area contributed by atoms with Gasteiger partial charge in [0.05, 0.1) is 0 Å². The third kappa shape index (κ3) is 12.5. The van der Waals surface area contributed by atoms with Crippen molar-refractivity contribution in [1.82, 2.24) is 0 Å². The van der Waals surface area contributed by atoms with Crippen LogP contribution in [-0.2, 0) is 4.79 Å². The van der Waals surface area contributed by atoms with E-state index in [-0.39, 0.29) is 24.4 Å². The molecule has 0 N–H and O–H groups in total. The monoisotopic (exact) mass is 182 g/mol. The van der Waals surface area contributed by atoms with Crippen LogP contribution in [0.4, 0.5) is 0 Å². The van der Waals surface area contributed by atoms with Crippen molar-refractivity contribution in [3.8, 4) is 0 Å². The SMILES string of the molecule is CCC=O.[SbH3]. The van der Waals surface area contributed by atoms with Gasteiger partial charge in [-0.1, -0.05) is 6.92 Å². The molecule has 0 bridgehead atoms. The summed E-state index contributed by atoms with van der Waals surface area (Å²) in [7, 11) is 0. The van der Waals surface area contributed by atoms with Crippen molar-refractivity contribution in [2.45, 2.75) is 13.3 Å². The van der Waals surface area contributed by atoms with E-state index in [2.05, 4.69) is 0 Å². The molecule has 5 heavy (non-hydrogen) atoms. The molecule has 0 aromatic heterocycles. The predicted octanol–water partition coefficient (Wildman–Crippen LogP) is -0.589. The minimum absolute atomic E-state index is 0. The Labute approximate surface area is 49.2 Å². The zero-order valence-electron chi connectivity index (χ0n) is 3.40. The van der Waals surface area contributed by atoms with Crippen molar-refractivity contribution < 1.29 is 4.79 Å². The average Bonchev–Trinajstić information content (AvgIpc) is 1.37. The fourth-order valence-electron chi connectivity index (χ4n) is 0. The Hall–Kier alpha value is 0.488. The van der Waals surface area contributed by atoms with Gasteiger partial charge in [-0.15, -0.1) is 0 Å². The van der Waals surface area contributed by atoms with Gasteiger partial charge < -0.3 is 4.79 Å². The van der Waals surface area contributed by atoms with Gasteiger partial charge in [-0.25, -0.2) is 0 Å². The number of carbonyl (C=O) groups excluding carboxylic acids is 1. The number of aldehydes is 1. The second-order valence-corrected chi connectivity index (χ2v) is 0.575. The Bertz CT molecular complexity index is 20.9. The van der Waals surface area contributed by atoms with E-state index in [0.717, 1.165) is 6.29 Å². The molecule has 0 unspecified atom stereocenters. The maximum atomic E-state index is 9.17. The zero-order valence-corrected chi connectivity index (χ0v) is 7.44. The summed E-state index contributed by atoms with van der Waals surface area (Å²) in [4.78, 5) is 9.17. The van der Waals surface area contributed by atoms with Gasteiger partial charge in [0.2, 0.25) is 0 Å². The van der Waals surface area contributed by atoms with Gasteiger partial charge in [-0.2, -0.15) is 0 Å². The van der Waals surface area contributed by atoms with E-state index in [0.29, 0.717) is 6.42 Å². The van der Waals surface area contributed by atoms with Crippen LogP contribution in [0.25, 0.3) is 0 Å². The summed E-state index contributed by atoms with van der Waals surface area (Å²) in [5.74, 6) is 0. The van der Waals surface area contributed by atoms with Gasteiger partial charge in [-0.3, -0.25) is 0 Å². The fraction of sp³-hybridized carbons (Fsp3) is 0.667. The van der Waals surface area contributed by atoms with Crippen molar-refractivity contribution in [3.05, 3.63) is 0 Å². The standard InChI is InChI=1S/C3H6O.Sb.3H/c1-2-3-4;;;;/h3H,2H2,1H3;;;;. The number of hydrogen-bond donors (Lipinski definition) is 0. The van der Waals surface area contributed by atoms with E-state index >= 15 is 0 Å². The molecule has 0 aliphatic carbocycles. The Kier molecular flexibility index (Phi) is 16.0. The second kappa shape index (κ2) is 8.82. The summed E-state index contributed by atoms with van der Waals surface area (Å²) in [5, 5.41) is 0. The normalized spacial score (nSPS) is 5.00. The molecule has 0 saturated carbocycles. The molecule has 0 aliphatic rings. The Morgan fingerprint density at radius 2 is 2.00 bits per heavy atom. The summed E-state index contributed by atoms with van der Waals surface area (Å²) in [6, 6.07) is 0. The molecule has 0 rings (SSSR count). The first-order valence-corrected chi connectivity index (χ1v) is 1.35. The molecule has 0 atom stereocenters. The van der Waals surface area contributed by atoms with E-state index in [1.54, 1.807) is 0 Å². The van der Waals surface area contributed by atoms with Crippen LogP contribution in [0.15, 0.2) is 0 Å². The average molecular weight is 183 g/mol. The van der Waals surface area contributed by atoms with Crippen LogP contribution in [0.2, 0.25) is 0 Å². The predicted molar refractivity (Wildman–Crippen MR) is 26.3 cm³/mol. The van der Waals surface area contributed by atoms with Crippen LogP contribution in [0.3, 0.4) is 0 Å². The third-order valence-corrected chi connectivity index (χ3v) is 0.167. The van der Waals surface area contributed by atoms with Gasteiger partial charge in [0, 0.05) is 6.42 Å². The Morgan fingerprint density at radius 3 is 2.00 bits per heavy atom. The molecule has 0 amide bonds. The van der Waals surface area contributed by atoms with Crippen LogP contribution in [0, 0.1) is 0 Å². The Morgan fingerprint density at radius 1 is 1.80 bits per heavy atom. The van der Waals surface area contributed by atoms with E-state index in [4.69, 9.17) is 0 Å². The zero-order chi connectivity index (χ0) is 3.41. The molecule has 0 aromatic carbocycles. The molecule has 0 heterocycles. The van der Waals surface area contributed by atoms with E-state index in [9.17, 15) is 4.79 Å². The van der Waals surface area contributed by atoms with Crippen molar-refractivity contribution in [2.75, 3.05) is 0 Å². The summed E-state index contributed by atoms with van der Waals surface area (Å²) in [6.07, 6.45) is 1.51. The molecular weight excluding hydrogens is 174 g/mol. The van der Waals surface area contributed by atoms with Crippen molar-refractivity contribution in [2.24, 2.45) is 0 Å². The quantitative estimate of drug-likeness (QED) is 0.392. The van der Waals surface area contributed by atoms with E-state index < -0.39 is 0 Å². The van der Waals surface area contributed by atoms with Gasteiger partial charge in [0.1, 0.15) is 6.29 Å². The molecule has 0 radical (unpaired) electrons. The first kappa shape index (κ1) is 9.09. The van der Waals surface area contributed by atoms with Gasteiger partial charge in [0.15, 0.2) is 0 Å². The molecule has 0 aliphatic heterocycles. The van der Waals surface area contributed by atoms with Crippen LogP contribution in [-0.4, -0.2) is 30.7 Å². The van der Waals surface area contributed by atoms with Crippen LogP contribution in [0.5, 0.6) is 0 Å². The summed E-state index contributed by atoms with van der Waals surface area (Å²) in [5.41, 5.74) is 0. The second-order valence-electron chi connectivity index (χ2n) is 0.575. The first-order valence-electron chi connectivity index (χ1n) is 1.35. The van der Waals surface area contributed by atoms with E-state index in [1.165, 1.54) is 0 Å². The molecule has 0 spiro atoms. The molecule has 0 aromatic rings. The number of hydrogen-bond acceptors (Lipinski definition) is 1. The van der Waals surface area contributed by atoms with Crippen LogP contribution < -0.4 is 0 Å². The molecule has 32 valence electrons. The number of rotatable bonds is 1. The number of carbonyl (C=O) groups is 1. The molecule has 0 fully saturated rings. The molecule has 0 saturated heterocycles. The maximum absolute atomic E-state index is 9.17. The van der Waals surface area contributed by atoms with Gasteiger partial charge >= 0.3 is 24.4 Å². The van der Waals surface area contributed by atoms with Crippen molar-refractivity contribution in [1.29, 1.82) is 0 Å². The van der Waals surface area contributed by atoms with Crippen LogP contribution >= 0.6 is 0 Å². The van der Waals surface area contributed by atoms with Crippen molar-refractivity contribution >= 4 is 30.7 Å². The fourth-order valence-corrected chi connectivity index (χ4v) is 0. The Balaban J connectivity index is 0. The molecule has 2 heteroatoms.